The molecule has 1 N–H and O–H groups in total. The van der Waals surface area contributed by atoms with Crippen LogP contribution in [-0.2, 0) is 21.4 Å². The lowest BCUT2D eigenvalue weighted by molar-refractivity contribution is -0.119. The van der Waals surface area contributed by atoms with Crippen molar-refractivity contribution in [2.24, 2.45) is 5.10 Å². The van der Waals surface area contributed by atoms with Gasteiger partial charge in [0.25, 0.3) is 15.9 Å². The summed E-state index contributed by atoms with van der Waals surface area (Å²) in [6.45, 7) is 3.78. The zero-order valence-corrected chi connectivity index (χ0v) is 22.1. The van der Waals surface area contributed by atoms with Crippen LogP contribution in [0.15, 0.2) is 113 Å². The van der Waals surface area contributed by atoms with Gasteiger partial charge >= 0.3 is 0 Å². The summed E-state index contributed by atoms with van der Waals surface area (Å²) in [5.74, 6) is 0.147. The van der Waals surface area contributed by atoms with Gasteiger partial charge in [0.2, 0.25) is 0 Å². The zero-order chi connectivity index (χ0) is 27.0. The average molecular weight is 528 g/mol. The summed E-state index contributed by atoms with van der Waals surface area (Å²) in [5, 5.41) is 4.02. The number of sulfonamides is 1. The lowest BCUT2D eigenvalue weighted by Crippen LogP contribution is -2.40. The van der Waals surface area contributed by atoms with Crippen LogP contribution in [0.5, 0.6) is 5.75 Å². The lowest BCUT2D eigenvalue weighted by Gasteiger charge is -2.25. The van der Waals surface area contributed by atoms with Gasteiger partial charge in [-0.3, -0.25) is 9.10 Å². The monoisotopic (exact) mass is 527 g/mol. The molecule has 0 aliphatic carbocycles. The molecular weight excluding hydrogens is 498 g/mol. The Morgan fingerprint density at radius 3 is 2.21 bits per heavy atom. The second-order valence-corrected chi connectivity index (χ2v) is 10.6. The van der Waals surface area contributed by atoms with Crippen LogP contribution in [0.25, 0.3) is 0 Å². The number of amides is 1. The third-order valence-corrected chi connectivity index (χ3v) is 7.54. The highest BCUT2D eigenvalue weighted by Crippen LogP contribution is 2.27. The molecule has 0 bridgehead atoms. The normalized spacial score (nSPS) is 11.3. The van der Waals surface area contributed by atoms with Gasteiger partial charge in [-0.15, -0.1) is 0 Å². The number of rotatable bonds is 10. The molecule has 4 aromatic carbocycles. The molecule has 0 unspecified atom stereocenters. The summed E-state index contributed by atoms with van der Waals surface area (Å²) in [6.07, 6.45) is 1.49. The smallest absolute Gasteiger partial charge is 0.264 e. The molecule has 194 valence electrons. The molecule has 0 atom stereocenters. The number of carbonyl (C=O) groups is 1. The van der Waals surface area contributed by atoms with E-state index in [0.717, 1.165) is 26.6 Å². The van der Waals surface area contributed by atoms with Gasteiger partial charge in [0, 0.05) is 0 Å². The highest BCUT2D eigenvalue weighted by atomic mass is 32.2. The van der Waals surface area contributed by atoms with Gasteiger partial charge in [0.15, 0.2) is 0 Å². The third-order valence-electron chi connectivity index (χ3n) is 5.77. The van der Waals surface area contributed by atoms with Gasteiger partial charge in [-0.05, 0) is 73.0 Å². The van der Waals surface area contributed by atoms with E-state index < -0.39 is 22.5 Å². The molecule has 0 heterocycles. The Bertz CT molecular complexity index is 1500. The maximum absolute atomic E-state index is 13.5. The van der Waals surface area contributed by atoms with E-state index in [9.17, 15) is 13.2 Å². The van der Waals surface area contributed by atoms with E-state index in [1.54, 1.807) is 24.3 Å². The Kier molecular flexibility index (Phi) is 8.55. The van der Waals surface area contributed by atoms with Crippen molar-refractivity contribution >= 4 is 27.8 Å². The zero-order valence-electron chi connectivity index (χ0n) is 21.2. The molecule has 0 saturated carbocycles. The van der Waals surface area contributed by atoms with Gasteiger partial charge < -0.3 is 4.74 Å². The second kappa shape index (κ2) is 12.2. The van der Waals surface area contributed by atoms with Crippen LogP contribution in [0.4, 0.5) is 5.69 Å². The first-order valence-electron chi connectivity index (χ1n) is 12.1. The van der Waals surface area contributed by atoms with E-state index in [1.807, 2.05) is 80.6 Å². The van der Waals surface area contributed by atoms with Gasteiger partial charge in [0.05, 0.1) is 16.8 Å². The Hall–Kier alpha value is -4.43. The number of hydrazone groups is 1. The van der Waals surface area contributed by atoms with Crippen molar-refractivity contribution in [1.29, 1.82) is 0 Å². The minimum Gasteiger partial charge on any atom is -0.489 e. The van der Waals surface area contributed by atoms with Crippen LogP contribution in [0.3, 0.4) is 0 Å². The molecule has 1 amide bonds. The van der Waals surface area contributed by atoms with E-state index in [2.05, 4.69) is 10.5 Å². The molecule has 0 spiro atoms. The molecule has 8 heteroatoms. The molecule has 0 aliphatic heterocycles. The largest absolute Gasteiger partial charge is 0.489 e. The molecule has 38 heavy (non-hydrogen) atoms. The summed E-state index contributed by atoms with van der Waals surface area (Å²) < 4.78 is 33.8. The van der Waals surface area contributed by atoms with E-state index in [4.69, 9.17) is 4.74 Å². The van der Waals surface area contributed by atoms with Crippen molar-refractivity contribution in [1.82, 2.24) is 5.43 Å². The number of nitrogens with zero attached hydrogens (tertiary/aromatic N) is 2. The fourth-order valence-corrected chi connectivity index (χ4v) is 5.35. The summed E-state index contributed by atoms with van der Waals surface area (Å²) in [7, 11) is -3.99. The summed E-state index contributed by atoms with van der Waals surface area (Å²) >= 11 is 0. The lowest BCUT2D eigenvalue weighted by atomic mass is 10.1. The van der Waals surface area contributed by atoms with E-state index in [1.165, 1.54) is 18.3 Å². The minimum absolute atomic E-state index is 0.103. The van der Waals surface area contributed by atoms with Crippen LogP contribution < -0.4 is 14.5 Å². The Morgan fingerprint density at radius 2 is 1.55 bits per heavy atom. The number of nitrogens with one attached hydrogen (secondary N) is 1. The summed E-state index contributed by atoms with van der Waals surface area (Å²) in [6, 6.07) is 30.6. The average Bonchev–Trinajstić information content (AvgIpc) is 2.93. The maximum Gasteiger partial charge on any atom is 0.264 e. The predicted octanol–water partition coefficient (Wildman–Crippen LogP) is 5.23. The van der Waals surface area contributed by atoms with Crippen LogP contribution in [0.2, 0.25) is 0 Å². The standard InChI is InChI=1S/C30H29N3O4S/c1-23-13-18-29(24(2)19-23)33(38(35,36)28-11-7-4-8-12-28)21-30(34)32-31-20-25-14-16-27(17-15-25)37-22-26-9-5-3-6-10-26/h3-20H,21-22H2,1-2H3,(H,32,34)/b31-20-. The van der Waals surface area contributed by atoms with Gasteiger partial charge in [-0.25, -0.2) is 13.8 Å². The number of hydrogen-bond donors (Lipinski definition) is 1. The van der Waals surface area contributed by atoms with Crippen molar-refractivity contribution in [2.75, 3.05) is 10.8 Å². The number of carbonyl (C=O) groups excluding carboxylic acids is 1. The molecule has 0 aliphatic rings. The van der Waals surface area contributed by atoms with Crippen LogP contribution in [-0.4, -0.2) is 27.1 Å². The molecule has 0 fully saturated rings. The summed E-state index contributed by atoms with van der Waals surface area (Å²) in [5.41, 5.74) is 6.44. The number of benzene rings is 4. The van der Waals surface area contributed by atoms with Crippen LogP contribution in [0.1, 0.15) is 22.3 Å². The SMILES string of the molecule is Cc1ccc(N(CC(=O)N/N=C\c2ccc(OCc3ccccc3)cc2)S(=O)(=O)c2ccccc2)c(C)c1. The molecular formula is C30H29N3O4S. The first-order valence-corrected chi connectivity index (χ1v) is 13.5. The first-order chi connectivity index (χ1) is 18.3. The minimum atomic E-state index is -3.99. The number of anilines is 1. The maximum atomic E-state index is 13.5. The Labute approximate surface area is 223 Å². The Balaban J connectivity index is 1.42. The molecule has 0 saturated heterocycles. The van der Waals surface area contributed by atoms with Crippen LogP contribution >= 0.6 is 0 Å². The van der Waals surface area contributed by atoms with Crippen molar-refractivity contribution in [3.05, 3.63) is 125 Å². The number of aryl methyl sites for hydroxylation is 2. The third kappa shape index (κ3) is 6.86. The highest BCUT2D eigenvalue weighted by Gasteiger charge is 2.28. The number of hydrogen-bond acceptors (Lipinski definition) is 5. The first kappa shape index (κ1) is 26.6. The van der Waals surface area contributed by atoms with Gasteiger partial charge in [0.1, 0.15) is 18.9 Å². The fraction of sp³-hybridized carbons (Fsp3) is 0.133. The quantitative estimate of drug-likeness (QED) is 0.226. The van der Waals surface area contributed by atoms with E-state index in [0.29, 0.717) is 18.0 Å². The molecule has 0 radical (unpaired) electrons. The molecule has 4 rings (SSSR count). The fourth-order valence-electron chi connectivity index (χ4n) is 3.84. The van der Waals surface area contributed by atoms with E-state index >= 15 is 0 Å². The molecule has 0 aromatic heterocycles. The molecule has 7 nitrogen and oxygen atoms in total. The second-order valence-electron chi connectivity index (χ2n) is 8.75. The predicted molar refractivity (Wildman–Crippen MR) is 150 cm³/mol. The van der Waals surface area contributed by atoms with Crippen LogP contribution in [0, 0.1) is 13.8 Å². The molecule has 4 aromatic rings. The van der Waals surface area contributed by atoms with Gasteiger partial charge in [-0.2, -0.15) is 5.10 Å². The van der Waals surface area contributed by atoms with Crippen molar-refractivity contribution in [3.8, 4) is 5.75 Å². The summed E-state index contributed by atoms with van der Waals surface area (Å²) in [4.78, 5) is 12.9. The topological polar surface area (TPSA) is 88.1 Å². The van der Waals surface area contributed by atoms with Crippen molar-refractivity contribution < 1.29 is 17.9 Å². The van der Waals surface area contributed by atoms with Gasteiger partial charge in [-0.1, -0.05) is 66.2 Å². The highest BCUT2D eigenvalue weighted by molar-refractivity contribution is 7.92. The van der Waals surface area contributed by atoms with Crippen molar-refractivity contribution in [2.45, 2.75) is 25.3 Å². The van der Waals surface area contributed by atoms with E-state index in [-0.39, 0.29) is 4.90 Å². The number of ether oxygens (including phenoxy) is 1. The Morgan fingerprint density at radius 1 is 0.895 bits per heavy atom. The van der Waals surface area contributed by atoms with Crippen molar-refractivity contribution in [3.63, 3.8) is 0 Å².